The molecule has 1 rings (SSSR count). The lowest BCUT2D eigenvalue weighted by Crippen LogP contribution is -2.57. The number of guanidine groups is 1. The molecule has 4 amide bonds. The van der Waals surface area contributed by atoms with E-state index in [1.165, 1.54) is 16.7 Å². The fourth-order valence-corrected chi connectivity index (χ4v) is 4.22. The van der Waals surface area contributed by atoms with Gasteiger partial charge in [-0.3, -0.25) is 24.2 Å². The molecule has 0 bridgehead atoms. The van der Waals surface area contributed by atoms with Gasteiger partial charge in [0, 0.05) is 19.5 Å². The average molecular weight is 531 g/mol. The molecule has 0 spiro atoms. The Morgan fingerprint density at radius 3 is 2.31 bits per heavy atom. The number of amides is 4. The summed E-state index contributed by atoms with van der Waals surface area (Å²) in [5.41, 5.74) is 21.8. The van der Waals surface area contributed by atoms with Crippen LogP contribution in [0.25, 0.3) is 0 Å². The van der Waals surface area contributed by atoms with E-state index < -0.39 is 53.8 Å². The van der Waals surface area contributed by atoms with E-state index in [0.717, 1.165) is 0 Å². The summed E-state index contributed by atoms with van der Waals surface area (Å²) in [6.45, 7) is 0.417. The van der Waals surface area contributed by atoms with Crippen LogP contribution in [0, 0.1) is 0 Å². The lowest BCUT2D eigenvalue weighted by molar-refractivity contribution is -0.149. The number of rotatable bonds is 16. The number of hydrogen-bond donors (Lipinski definition) is 7. The standard InChI is InChI=1S/C21H38N8O6S/c1-36-11-8-12(22)17(31)27-13(4-2-9-26-21(24)25)18(32)28-14(6-7-16(23)30)19(33)29-10-3-5-15(29)20(34)35/h12-15H,2-11,22H2,1H3,(H2,23,30)(H,27,31)(H,28,32)(H,34,35)(H4,24,25,26). The van der Waals surface area contributed by atoms with Crippen molar-refractivity contribution >= 4 is 47.3 Å². The minimum atomic E-state index is -1.20. The minimum Gasteiger partial charge on any atom is -0.480 e. The molecule has 4 unspecified atom stereocenters. The van der Waals surface area contributed by atoms with Crippen molar-refractivity contribution in [2.75, 3.05) is 25.1 Å². The largest absolute Gasteiger partial charge is 0.480 e. The molecule has 0 aromatic carbocycles. The molecule has 0 aromatic heterocycles. The van der Waals surface area contributed by atoms with Crippen LogP contribution in [0.4, 0.5) is 0 Å². The third kappa shape index (κ3) is 10.7. The van der Waals surface area contributed by atoms with Crippen LogP contribution in [0.3, 0.4) is 0 Å². The van der Waals surface area contributed by atoms with Gasteiger partial charge in [-0.05, 0) is 50.5 Å². The van der Waals surface area contributed by atoms with E-state index in [1.807, 2.05) is 6.26 Å². The van der Waals surface area contributed by atoms with Gasteiger partial charge in [0.1, 0.15) is 18.1 Å². The van der Waals surface area contributed by atoms with Crippen LogP contribution < -0.4 is 33.6 Å². The maximum atomic E-state index is 13.2. The van der Waals surface area contributed by atoms with Gasteiger partial charge in [0.15, 0.2) is 5.96 Å². The Balaban J connectivity index is 3.03. The maximum Gasteiger partial charge on any atom is 0.326 e. The van der Waals surface area contributed by atoms with Gasteiger partial charge >= 0.3 is 5.97 Å². The molecule has 0 saturated carbocycles. The first-order valence-electron chi connectivity index (χ1n) is 11.7. The molecule has 1 fully saturated rings. The summed E-state index contributed by atoms with van der Waals surface area (Å²) in [6, 6.07) is -4.12. The molecule has 14 nitrogen and oxygen atoms in total. The van der Waals surface area contributed by atoms with Gasteiger partial charge in [0.05, 0.1) is 6.04 Å². The van der Waals surface area contributed by atoms with E-state index >= 15 is 0 Å². The van der Waals surface area contributed by atoms with Crippen LogP contribution in [-0.2, 0) is 24.0 Å². The van der Waals surface area contributed by atoms with Gasteiger partial charge in [0.25, 0.3) is 0 Å². The number of nitrogens with zero attached hydrogens (tertiary/aromatic N) is 2. The van der Waals surface area contributed by atoms with Gasteiger partial charge in [-0.2, -0.15) is 11.8 Å². The lowest BCUT2D eigenvalue weighted by atomic mass is 10.1. The van der Waals surface area contributed by atoms with Crippen molar-refractivity contribution in [2.45, 2.75) is 69.1 Å². The van der Waals surface area contributed by atoms with E-state index in [4.69, 9.17) is 22.9 Å². The van der Waals surface area contributed by atoms with Gasteiger partial charge in [0.2, 0.25) is 23.6 Å². The summed E-state index contributed by atoms with van der Waals surface area (Å²) in [5, 5.41) is 14.6. The minimum absolute atomic E-state index is 0.116. The molecule has 15 heteroatoms. The summed E-state index contributed by atoms with van der Waals surface area (Å²) in [4.78, 5) is 66.8. The fraction of sp³-hybridized carbons (Fsp3) is 0.714. The molecule has 1 aliphatic heterocycles. The number of hydrogen-bond acceptors (Lipinski definition) is 8. The van der Waals surface area contributed by atoms with Crippen molar-refractivity contribution in [1.29, 1.82) is 0 Å². The monoisotopic (exact) mass is 530 g/mol. The summed E-state index contributed by atoms with van der Waals surface area (Å²) < 4.78 is 0. The van der Waals surface area contributed by atoms with Crippen LogP contribution in [0.15, 0.2) is 4.99 Å². The zero-order valence-corrected chi connectivity index (χ0v) is 21.3. The van der Waals surface area contributed by atoms with E-state index in [2.05, 4.69) is 15.6 Å². The van der Waals surface area contributed by atoms with Crippen LogP contribution in [0.5, 0.6) is 0 Å². The topological polar surface area (TPSA) is 249 Å². The van der Waals surface area contributed by atoms with Crippen LogP contribution in [0.2, 0.25) is 0 Å². The van der Waals surface area contributed by atoms with Gasteiger partial charge in [-0.25, -0.2) is 4.79 Å². The van der Waals surface area contributed by atoms with Crippen molar-refractivity contribution < 1.29 is 29.1 Å². The van der Waals surface area contributed by atoms with Crippen molar-refractivity contribution in [1.82, 2.24) is 15.5 Å². The second-order valence-corrected chi connectivity index (χ2v) is 9.48. The first-order valence-corrected chi connectivity index (χ1v) is 13.1. The molecule has 204 valence electrons. The first kappa shape index (κ1) is 31.0. The van der Waals surface area contributed by atoms with Crippen molar-refractivity contribution in [3.8, 4) is 0 Å². The number of aliphatic carboxylic acids is 1. The normalized spacial score (nSPS) is 17.5. The molecule has 36 heavy (non-hydrogen) atoms. The van der Waals surface area contributed by atoms with Crippen molar-refractivity contribution in [2.24, 2.45) is 27.9 Å². The van der Waals surface area contributed by atoms with Crippen molar-refractivity contribution in [3.05, 3.63) is 0 Å². The smallest absolute Gasteiger partial charge is 0.326 e. The Morgan fingerprint density at radius 1 is 1.06 bits per heavy atom. The molecule has 0 radical (unpaired) electrons. The number of aliphatic imine (C=N–C) groups is 1. The highest BCUT2D eigenvalue weighted by molar-refractivity contribution is 7.98. The Labute approximate surface area is 214 Å². The Morgan fingerprint density at radius 2 is 1.72 bits per heavy atom. The molecule has 1 saturated heterocycles. The second kappa shape index (κ2) is 15.8. The zero-order valence-electron chi connectivity index (χ0n) is 20.5. The molecule has 4 atom stereocenters. The zero-order chi connectivity index (χ0) is 27.3. The second-order valence-electron chi connectivity index (χ2n) is 8.49. The molecule has 0 aliphatic carbocycles. The quantitative estimate of drug-likeness (QED) is 0.0624. The van der Waals surface area contributed by atoms with E-state index in [1.54, 1.807) is 0 Å². The number of carboxylic acids is 1. The van der Waals surface area contributed by atoms with E-state index in [0.29, 0.717) is 25.0 Å². The van der Waals surface area contributed by atoms with Crippen LogP contribution in [-0.4, -0.2) is 94.8 Å². The van der Waals surface area contributed by atoms with E-state index in [-0.39, 0.29) is 44.7 Å². The van der Waals surface area contributed by atoms with Crippen LogP contribution >= 0.6 is 11.8 Å². The maximum absolute atomic E-state index is 13.2. The molecular weight excluding hydrogens is 492 g/mol. The Bertz CT molecular complexity index is 822. The van der Waals surface area contributed by atoms with Crippen molar-refractivity contribution in [3.63, 3.8) is 0 Å². The fourth-order valence-electron chi connectivity index (χ4n) is 3.73. The molecule has 11 N–H and O–H groups in total. The summed E-state index contributed by atoms with van der Waals surface area (Å²) in [7, 11) is 0. The number of carboxylic acid groups (broad SMARTS) is 1. The molecule has 1 heterocycles. The highest BCUT2D eigenvalue weighted by Crippen LogP contribution is 2.20. The number of carbonyl (C=O) groups is 5. The third-order valence-electron chi connectivity index (χ3n) is 5.66. The number of carbonyl (C=O) groups excluding carboxylic acids is 4. The van der Waals surface area contributed by atoms with Gasteiger partial charge in [-0.1, -0.05) is 0 Å². The summed E-state index contributed by atoms with van der Waals surface area (Å²) in [5.74, 6) is -3.13. The predicted octanol–water partition coefficient (Wildman–Crippen LogP) is -2.57. The number of primary amides is 1. The van der Waals surface area contributed by atoms with Gasteiger partial charge < -0.3 is 43.6 Å². The van der Waals surface area contributed by atoms with Crippen LogP contribution in [0.1, 0.15) is 44.9 Å². The van der Waals surface area contributed by atoms with E-state index in [9.17, 15) is 29.1 Å². The average Bonchev–Trinajstić information content (AvgIpc) is 3.31. The predicted molar refractivity (Wildman–Crippen MR) is 136 cm³/mol. The summed E-state index contributed by atoms with van der Waals surface area (Å²) in [6.07, 6.45) is 3.22. The number of likely N-dealkylation sites (tertiary alicyclic amines) is 1. The van der Waals surface area contributed by atoms with Gasteiger partial charge in [-0.15, -0.1) is 0 Å². The number of nitrogens with two attached hydrogens (primary N) is 4. The number of nitrogens with one attached hydrogen (secondary N) is 2. The highest BCUT2D eigenvalue weighted by atomic mass is 32.2. The Hall–Kier alpha value is -3.07. The number of thioether (sulfide) groups is 1. The third-order valence-corrected chi connectivity index (χ3v) is 6.31. The highest BCUT2D eigenvalue weighted by Gasteiger charge is 2.38. The Kier molecular flexibility index (Phi) is 13.6. The first-order chi connectivity index (χ1) is 17.0. The molecular formula is C21H38N8O6S. The lowest BCUT2D eigenvalue weighted by Gasteiger charge is -2.29. The summed E-state index contributed by atoms with van der Waals surface area (Å²) >= 11 is 1.53. The molecule has 0 aromatic rings. The molecule has 1 aliphatic rings. The SMILES string of the molecule is CSCCC(N)C(=O)NC(CCCN=C(N)N)C(=O)NC(CCC(N)=O)C(=O)N1CCCC1C(=O)O.